The van der Waals surface area contributed by atoms with E-state index in [1.165, 1.54) is 26.8 Å². The number of benzene rings is 1. The fourth-order valence-corrected chi connectivity index (χ4v) is 3.04. The van der Waals surface area contributed by atoms with Crippen LogP contribution in [0.1, 0.15) is 54.9 Å². The Morgan fingerprint density at radius 3 is 2.52 bits per heavy atom. The van der Waals surface area contributed by atoms with Crippen LogP contribution in [0, 0.1) is 11.8 Å². The molecular weight excluding hydrogens is 421 g/mol. The van der Waals surface area contributed by atoms with Gasteiger partial charge in [0.1, 0.15) is 12.4 Å². The van der Waals surface area contributed by atoms with E-state index >= 15 is 0 Å². The summed E-state index contributed by atoms with van der Waals surface area (Å²) in [6, 6.07) is 5.31. The first-order chi connectivity index (χ1) is 15.4. The van der Waals surface area contributed by atoms with Crippen molar-refractivity contribution in [1.29, 1.82) is 0 Å². The molecule has 0 fully saturated rings. The third-order valence-electron chi connectivity index (χ3n) is 5.46. The molecule has 1 aromatic carbocycles. The fourth-order valence-electron chi connectivity index (χ4n) is 3.04. The summed E-state index contributed by atoms with van der Waals surface area (Å²) in [5, 5.41) is 8.14. The van der Waals surface area contributed by atoms with Crippen LogP contribution in [0.3, 0.4) is 0 Å². The maximum absolute atomic E-state index is 13.9. The van der Waals surface area contributed by atoms with Gasteiger partial charge in [-0.25, -0.2) is 9.07 Å². The third kappa shape index (κ3) is 7.55. The first-order valence-corrected chi connectivity index (χ1v) is 11.4. The minimum absolute atomic E-state index is 0.0276. The quantitative estimate of drug-likeness (QED) is 0.365. The fraction of sp³-hybridized carbons (Fsp3) is 0.500. The van der Waals surface area contributed by atoms with Crippen molar-refractivity contribution < 1.29 is 18.7 Å². The number of carbonyl (C=O) groups excluding carboxylic acids is 2. The Hall–Kier alpha value is -2.96. The van der Waals surface area contributed by atoms with Crippen molar-refractivity contribution in [2.24, 2.45) is 11.8 Å². The monoisotopic (exact) mass is 457 g/mol. The van der Waals surface area contributed by atoms with Crippen molar-refractivity contribution in [3.63, 3.8) is 0 Å². The highest BCUT2D eigenvalue weighted by Gasteiger charge is 2.29. The summed E-state index contributed by atoms with van der Waals surface area (Å²) in [4.78, 5) is 23.5. The molecule has 0 radical (unpaired) electrons. The van der Waals surface area contributed by atoms with Gasteiger partial charge in [-0.2, -0.15) is 5.10 Å². The molecule has 1 heterocycles. The van der Waals surface area contributed by atoms with Gasteiger partial charge in [0.2, 0.25) is 0 Å². The Bertz CT molecular complexity index is 1030. The van der Waals surface area contributed by atoms with E-state index in [9.17, 15) is 14.0 Å². The molecule has 7 heteroatoms. The molecule has 0 saturated heterocycles. The van der Waals surface area contributed by atoms with Gasteiger partial charge in [0.15, 0.2) is 11.5 Å². The maximum Gasteiger partial charge on any atom is 0.257 e. The van der Waals surface area contributed by atoms with Crippen LogP contribution in [0.4, 0.5) is 4.39 Å². The van der Waals surface area contributed by atoms with Crippen molar-refractivity contribution in [3.8, 4) is 5.75 Å². The first kappa shape index (κ1) is 26.3. The molecule has 2 aromatic rings. The van der Waals surface area contributed by atoms with E-state index in [1.807, 2.05) is 36.7 Å². The number of nitrogens with zero attached hydrogens (tertiary/aromatic N) is 2. The predicted octanol–water partition coefficient (Wildman–Crippen LogP) is 5.34. The second-order valence-electron chi connectivity index (χ2n) is 9.31. The number of ether oxygens (including phenoxy) is 1. The Balaban J connectivity index is 2.25. The lowest BCUT2D eigenvalue weighted by Crippen LogP contribution is -2.49. The number of aromatic nitrogens is 2. The smallest absolute Gasteiger partial charge is 0.257 e. The van der Waals surface area contributed by atoms with E-state index < -0.39 is 11.6 Å². The van der Waals surface area contributed by atoms with Gasteiger partial charge in [-0.3, -0.25) is 9.59 Å². The molecule has 0 spiro atoms. The largest absolute Gasteiger partial charge is 0.491 e. The van der Waals surface area contributed by atoms with Gasteiger partial charge in [-0.05, 0) is 63.0 Å². The van der Waals surface area contributed by atoms with Crippen LogP contribution in [-0.4, -0.2) is 39.8 Å². The number of rotatable bonds is 11. The number of alkyl halides is 1. The van der Waals surface area contributed by atoms with Crippen LogP contribution in [0.2, 0.25) is 0 Å². The lowest BCUT2D eigenvalue weighted by molar-refractivity contribution is -0.132. The normalized spacial score (nSPS) is 14.6. The van der Waals surface area contributed by atoms with Gasteiger partial charge in [0.25, 0.3) is 5.91 Å². The second-order valence-corrected chi connectivity index (χ2v) is 9.31. The molecule has 2 rings (SSSR count). The maximum atomic E-state index is 13.9. The molecule has 1 aromatic heterocycles. The van der Waals surface area contributed by atoms with Crippen LogP contribution >= 0.6 is 0 Å². The predicted molar refractivity (Wildman–Crippen MR) is 131 cm³/mol. The Labute approximate surface area is 195 Å². The lowest BCUT2D eigenvalue weighted by atomic mass is 10.0. The highest BCUT2D eigenvalue weighted by Crippen LogP contribution is 2.25. The van der Waals surface area contributed by atoms with Crippen molar-refractivity contribution >= 4 is 28.3 Å². The highest BCUT2D eigenvalue weighted by molar-refractivity contribution is 5.90. The van der Waals surface area contributed by atoms with Gasteiger partial charge in [0, 0.05) is 5.39 Å². The summed E-state index contributed by atoms with van der Waals surface area (Å²) < 4.78 is 21.7. The number of hydrogen-bond acceptors (Lipinski definition) is 4. The summed E-state index contributed by atoms with van der Waals surface area (Å²) in [5.41, 5.74) is -0.226. The number of halogens is 1. The zero-order chi connectivity index (χ0) is 24.8. The van der Waals surface area contributed by atoms with Crippen LogP contribution in [0.5, 0.6) is 5.75 Å². The molecule has 33 heavy (non-hydrogen) atoms. The van der Waals surface area contributed by atoms with E-state index in [4.69, 9.17) is 4.74 Å². The van der Waals surface area contributed by atoms with Crippen LogP contribution in [0.25, 0.3) is 16.6 Å². The van der Waals surface area contributed by atoms with Crippen LogP contribution < -0.4 is 10.1 Å². The van der Waals surface area contributed by atoms with Crippen molar-refractivity contribution in [3.05, 3.63) is 42.6 Å². The van der Waals surface area contributed by atoms with E-state index in [0.29, 0.717) is 11.7 Å². The Morgan fingerprint density at radius 2 is 1.94 bits per heavy atom. The molecule has 0 saturated carbocycles. The molecule has 1 N–H and O–H groups in total. The van der Waals surface area contributed by atoms with Gasteiger partial charge in [-0.1, -0.05) is 40.2 Å². The van der Waals surface area contributed by atoms with Gasteiger partial charge in [-0.15, -0.1) is 0 Å². The number of ketones is 1. The molecule has 0 aliphatic heterocycles. The molecule has 0 bridgehead atoms. The summed E-state index contributed by atoms with van der Waals surface area (Å²) in [6.45, 7) is 12.3. The van der Waals surface area contributed by atoms with E-state index in [-0.39, 0.29) is 24.3 Å². The van der Waals surface area contributed by atoms with Crippen molar-refractivity contribution in [1.82, 2.24) is 15.1 Å². The molecule has 2 unspecified atom stereocenters. The highest BCUT2D eigenvalue weighted by atomic mass is 19.1. The molecule has 180 valence electrons. The number of hydrogen-bond donors (Lipinski definition) is 1. The van der Waals surface area contributed by atoms with E-state index in [2.05, 4.69) is 30.3 Å². The zero-order valence-electron chi connectivity index (χ0n) is 20.7. The molecular formula is C26H36FN3O3. The van der Waals surface area contributed by atoms with Gasteiger partial charge < -0.3 is 10.1 Å². The Morgan fingerprint density at radius 1 is 1.24 bits per heavy atom. The molecule has 2 atom stereocenters. The van der Waals surface area contributed by atoms with Crippen molar-refractivity contribution in [2.75, 3.05) is 6.61 Å². The van der Waals surface area contributed by atoms with Crippen LogP contribution in [-0.2, 0) is 9.59 Å². The third-order valence-corrected chi connectivity index (χ3v) is 5.46. The summed E-state index contributed by atoms with van der Waals surface area (Å²) in [5.74, 6) is 0.356. The van der Waals surface area contributed by atoms with E-state index in [1.54, 1.807) is 12.3 Å². The average Bonchev–Trinajstić information content (AvgIpc) is 3.15. The Kier molecular flexibility index (Phi) is 8.97. The number of fused-ring (bicyclic) bond motifs is 1. The minimum Gasteiger partial charge on any atom is -0.491 e. The molecule has 0 aliphatic rings. The minimum atomic E-state index is -1.95. The first-order valence-electron chi connectivity index (χ1n) is 11.4. The molecule has 0 aliphatic carbocycles. The number of amides is 1. The van der Waals surface area contributed by atoms with Crippen LogP contribution in [0.15, 0.2) is 42.6 Å². The van der Waals surface area contributed by atoms with Gasteiger partial charge in [0.05, 0.1) is 23.5 Å². The summed E-state index contributed by atoms with van der Waals surface area (Å²) >= 11 is 0. The SMILES string of the molecule is CCC(C)/C=C(\C=C/C(C)=O)n1ncc2cc(OCC(NC(=O)C(C)(C)F)C(C)C)ccc21. The second kappa shape index (κ2) is 11.3. The molecule has 6 nitrogen and oxygen atoms in total. The lowest BCUT2D eigenvalue weighted by Gasteiger charge is -2.25. The average molecular weight is 458 g/mol. The topological polar surface area (TPSA) is 73.2 Å². The zero-order valence-corrected chi connectivity index (χ0v) is 20.7. The standard InChI is InChI=1S/C26H36FN3O3/c1-8-18(4)13-21(10-9-19(5)31)30-24-12-11-22(14-20(24)15-28-30)33-16-23(17(2)3)29-25(32)26(6,7)27/h9-15,17-18,23H,8,16H2,1-7H3,(H,29,32)/b10-9-,21-13+. The van der Waals surface area contributed by atoms with Gasteiger partial charge >= 0.3 is 0 Å². The number of carbonyl (C=O) groups is 2. The molecule has 1 amide bonds. The number of nitrogens with one attached hydrogen (secondary N) is 1. The summed E-state index contributed by atoms with van der Waals surface area (Å²) in [7, 11) is 0. The number of allylic oxidation sites excluding steroid dienone is 4. The summed E-state index contributed by atoms with van der Waals surface area (Å²) in [6.07, 6.45) is 8.15. The van der Waals surface area contributed by atoms with Crippen molar-refractivity contribution in [2.45, 2.75) is 66.6 Å². The van der Waals surface area contributed by atoms with E-state index in [0.717, 1.165) is 23.0 Å².